The molecule has 0 aliphatic carbocycles. The normalized spacial score (nSPS) is 18.7. The van der Waals surface area contributed by atoms with Gasteiger partial charge in [-0.05, 0) is 47.9 Å². The minimum atomic E-state index is 0.0312. The highest BCUT2D eigenvalue weighted by Gasteiger charge is 2.35. The average Bonchev–Trinajstić information content (AvgIpc) is 3.00. The maximum Gasteiger partial charge on any atom is 0.167 e. The third-order valence-corrected chi connectivity index (χ3v) is 4.91. The van der Waals surface area contributed by atoms with Gasteiger partial charge in [-0.15, -0.1) is 5.10 Å². The zero-order valence-corrected chi connectivity index (χ0v) is 14.3. The summed E-state index contributed by atoms with van der Waals surface area (Å²) in [5, 5.41) is 16.1. The summed E-state index contributed by atoms with van der Waals surface area (Å²) in [6, 6.07) is 8.25. The van der Waals surface area contributed by atoms with Crippen LogP contribution in [0.3, 0.4) is 0 Å². The van der Waals surface area contributed by atoms with Crippen LogP contribution in [-0.2, 0) is 17.2 Å². The molecule has 3 rings (SSSR count). The molecule has 0 amide bonds. The number of nitrogens with one attached hydrogen (secondary N) is 1. The quantitative estimate of drug-likeness (QED) is 0.908. The molecule has 1 N–H and O–H groups in total. The molecule has 23 heavy (non-hydrogen) atoms. The van der Waals surface area contributed by atoms with E-state index in [1.54, 1.807) is 4.68 Å². The lowest BCUT2D eigenvalue weighted by Crippen LogP contribution is -2.43. The van der Waals surface area contributed by atoms with Crippen LogP contribution in [0.4, 0.5) is 0 Å². The minimum Gasteiger partial charge on any atom is -0.381 e. The summed E-state index contributed by atoms with van der Waals surface area (Å²) in [4.78, 5) is 0. The second-order valence-electron chi connectivity index (χ2n) is 6.17. The third-order valence-electron chi connectivity index (χ3n) is 4.67. The monoisotopic (exact) mass is 335 g/mol. The van der Waals surface area contributed by atoms with E-state index < -0.39 is 0 Å². The first kappa shape index (κ1) is 16.4. The molecular formula is C16H22ClN5O. The van der Waals surface area contributed by atoms with E-state index in [1.165, 1.54) is 5.56 Å². The van der Waals surface area contributed by atoms with E-state index in [0.29, 0.717) is 0 Å². The van der Waals surface area contributed by atoms with Crippen molar-refractivity contribution in [3.05, 3.63) is 40.7 Å². The zero-order valence-electron chi connectivity index (χ0n) is 13.5. The van der Waals surface area contributed by atoms with Crippen molar-refractivity contribution in [1.82, 2.24) is 25.5 Å². The topological polar surface area (TPSA) is 64.9 Å². The molecule has 124 valence electrons. The van der Waals surface area contributed by atoms with E-state index in [0.717, 1.165) is 43.4 Å². The van der Waals surface area contributed by atoms with Gasteiger partial charge in [0.15, 0.2) is 5.82 Å². The summed E-state index contributed by atoms with van der Waals surface area (Å²) in [6.07, 6.45) is 1.95. The van der Waals surface area contributed by atoms with Crippen LogP contribution in [0.5, 0.6) is 0 Å². The van der Waals surface area contributed by atoms with Crippen LogP contribution >= 0.6 is 11.6 Å². The first-order valence-corrected chi connectivity index (χ1v) is 8.28. The first-order chi connectivity index (χ1) is 11.1. The van der Waals surface area contributed by atoms with Crippen molar-refractivity contribution in [3.63, 3.8) is 0 Å². The van der Waals surface area contributed by atoms with Crippen molar-refractivity contribution >= 4 is 11.6 Å². The second kappa shape index (κ2) is 6.95. The molecule has 0 radical (unpaired) electrons. The van der Waals surface area contributed by atoms with E-state index in [4.69, 9.17) is 16.3 Å². The Bertz CT molecular complexity index is 653. The Kier molecular flexibility index (Phi) is 4.94. The fraction of sp³-hybridized carbons (Fsp3) is 0.562. The summed E-state index contributed by atoms with van der Waals surface area (Å²) < 4.78 is 7.28. The lowest BCUT2D eigenvalue weighted by molar-refractivity contribution is 0.0489. The molecule has 1 aliphatic rings. The van der Waals surface area contributed by atoms with Crippen molar-refractivity contribution in [2.24, 2.45) is 7.05 Å². The number of aromatic nitrogens is 4. The summed E-state index contributed by atoms with van der Waals surface area (Å²) in [6.45, 7) is 4.46. The number of aryl methyl sites for hydroxylation is 1. The van der Waals surface area contributed by atoms with Gasteiger partial charge >= 0.3 is 0 Å². The molecule has 0 spiro atoms. The van der Waals surface area contributed by atoms with Gasteiger partial charge in [0.1, 0.15) is 0 Å². The predicted molar refractivity (Wildman–Crippen MR) is 88.4 cm³/mol. The number of benzene rings is 1. The lowest BCUT2D eigenvalue weighted by Gasteiger charge is -2.38. The number of nitrogens with zero attached hydrogens (tertiary/aromatic N) is 4. The molecule has 1 aromatic heterocycles. The number of halogens is 1. The van der Waals surface area contributed by atoms with Crippen LogP contribution in [0.2, 0.25) is 5.02 Å². The Morgan fingerprint density at radius 2 is 2.17 bits per heavy atom. The van der Waals surface area contributed by atoms with Gasteiger partial charge in [0.2, 0.25) is 0 Å². The summed E-state index contributed by atoms with van der Waals surface area (Å²) in [7, 11) is 1.86. The molecule has 1 aromatic carbocycles. The van der Waals surface area contributed by atoms with Gasteiger partial charge in [0, 0.05) is 37.2 Å². The molecule has 1 unspecified atom stereocenters. The van der Waals surface area contributed by atoms with Crippen LogP contribution in [0.15, 0.2) is 24.3 Å². The molecule has 1 fully saturated rings. The van der Waals surface area contributed by atoms with Crippen LogP contribution in [0, 0.1) is 0 Å². The fourth-order valence-electron chi connectivity index (χ4n) is 3.19. The van der Waals surface area contributed by atoms with Gasteiger partial charge in [0.25, 0.3) is 0 Å². The van der Waals surface area contributed by atoms with Gasteiger partial charge in [-0.25, -0.2) is 4.68 Å². The zero-order chi connectivity index (χ0) is 16.3. The highest BCUT2D eigenvalue weighted by molar-refractivity contribution is 6.30. The Balaban J connectivity index is 1.78. The van der Waals surface area contributed by atoms with Gasteiger partial charge in [-0.1, -0.05) is 23.7 Å². The average molecular weight is 336 g/mol. The maximum atomic E-state index is 6.21. The lowest BCUT2D eigenvalue weighted by atomic mass is 9.74. The second-order valence-corrected chi connectivity index (χ2v) is 6.60. The van der Waals surface area contributed by atoms with Crippen LogP contribution in [-0.4, -0.2) is 40.0 Å². The van der Waals surface area contributed by atoms with E-state index in [1.807, 2.05) is 19.2 Å². The molecular weight excluding hydrogens is 314 g/mol. The van der Waals surface area contributed by atoms with Gasteiger partial charge in [0.05, 0.1) is 6.04 Å². The van der Waals surface area contributed by atoms with Crippen molar-refractivity contribution in [2.45, 2.75) is 31.2 Å². The number of hydrogen-bond acceptors (Lipinski definition) is 5. The molecule has 7 heteroatoms. The molecule has 0 bridgehead atoms. The van der Waals surface area contributed by atoms with E-state index >= 15 is 0 Å². The van der Waals surface area contributed by atoms with E-state index in [2.05, 4.69) is 39.9 Å². The Morgan fingerprint density at radius 3 is 2.83 bits per heavy atom. The molecule has 6 nitrogen and oxygen atoms in total. The predicted octanol–water partition coefficient (Wildman–Crippen LogP) is 2.26. The van der Waals surface area contributed by atoms with Crippen molar-refractivity contribution in [3.8, 4) is 0 Å². The van der Waals surface area contributed by atoms with E-state index in [9.17, 15) is 0 Å². The molecule has 1 atom stereocenters. The van der Waals surface area contributed by atoms with Crippen molar-refractivity contribution < 1.29 is 4.74 Å². The minimum absolute atomic E-state index is 0.0312. The molecule has 2 aromatic rings. The number of hydrogen-bond donors (Lipinski definition) is 1. The highest BCUT2D eigenvalue weighted by atomic mass is 35.5. The van der Waals surface area contributed by atoms with E-state index in [-0.39, 0.29) is 11.5 Å². The SMILES string of the molecule is CC(NCC1(c2cccc(Cl)c2)CCOCC1)c1nnnn1C. The molecule has 1 aliphatic heterocycles. The first-order valence-electron chi connectivity index (χ1n) is 7.90. The number of ether oxygens (including phenoxy) is 1. The number of rotatable bonds is 5. The maximum absolute atomic E-state index is 6.21. The molecule has 0 saturated carbocycles. The fourth-order valence-corrected chi connectivity index (χ4v) is 3.38. The third kappa shape index (κ3) is 3.54. The van der Waals surface area contributed by atoms with Crippen LogP contribution in [0.25, 0.3) is 0 Å². The van der Waals surface area contributed by atoms with Crippen LogP contribution < -0.4 is 5.32 Å². The Labute approximate surface area is 141 Å². The smallest absolute Gasteiger partial charge is 0.167 e. The van der Waals surface area contributed by atoms with Crippen molar-refractivity contribution in [2.75, 3.05) is 19.8 Å². The van der Waals surface area contributed by atoms with Gasteiger partial charge in [-0.2, -0.15) is 0 Å². The number of tetrazole rings is 1. The van der Waals surface area contributed by atoms with Gasteiger partial charge in [-0.3, -0.25) is 0 Å². The Hall–Kier alpha value is -1.50. The molecule has 2 heterocycles. The van der Waals surface area contributed by atoms with Gasteiger partial charge < -0.3 is 10.1 Å². The summed E-state index contributed by atoms with van der Waals surface area (Å²) in [5.41, 5.74) is 1.30. The van der Waals surface area contributed by atoms with Crippen LogP contribution in [0.1, 0.15) is 37.2 Å². The highest BCUT2D eigenvalue weighted by Crippen LogP contribution is 2.35. The molecule has 1 saturated heterocycles. The standard InChI is InChI=1S/C16H22ClN5O/c1-12(15-19-20-21-22(15)2)18-11-16(6-8-23-9-7-16)13-4-3-5-14(17)10-13/h3-5,10,12,18H,6-9,11H2,1-2H3. The van der Waals surface area contributed by atoms with Crippen molar-refractivity contribution in [1.29, 1.82) is 0 Å². The summed E-state index contributed by atoms with van der Waals surface area (Å²) >= 11 is 6.21. The Morgan fingerprint density at radius 1 is 1.39 bits per heavy atom. The largest absolute Gasteiger partial charge is 0.381 e. The summed E-state index contributed by atoms with van der Waals surface area (Å²) in [5.74, 6) is 0.832.